The second-order valence-electron chi connectivity index (χ2n) is 3.66. The van der Waals surface area contributed by atoms with Gasteiger partial charge in [-0.15, -0.1) is 0 Å². The lowest BCUT2D eigenvalue weighted by molar-refractivity contribution is 0.339. The van der Waals surface area contributed by atoms with E-state index in [4.69, 9.17) is 12.2 Å². The maximum atomic E-state index is 5.27. The Hall–Kier alpha value is -0.570. The van der Waals surface area contributed by atoms with Crippen molar-refractivity contribution < 1.29 is 0 Å². The first-order valence-corrected chi connectivity index (χ1v) is 5.28. The Balaban J connectivity index is 2.25. The van der Waals surface area contributed by atoms with Gasteiger partial charge in [0.2, 0.25) is 0 Å². The lowest BCUT2D eigenvalue weighted by Crippen LogP contribution is -2.42. The highest BCUT2D eigenvalue weighted by molar-refractivity contribution is 7.80. The normalized spacial score (nSPS) is 16.8. The minimum atomic E-state index is 0.801. The third-order valence-electron chi connectivity index (χ3n) is 2.18. The van der Waals surface area contributed by atoms with E-state index in [1.807, 2.05) is 6.92 Å². The number of nitrogens with one attached hydrogen (secondary N) is 1. The van der Waals surface area contributed by atoms with Crippen LogP contribution in [0.1, 0.15) is 26.2 Å². The summed E-state index contributed by atoms with van der Waals surface area (Å²) in [6.45, 7) is 8.86. The van der Waals surface area contributed by atoms with E-state index in [1.54, 1.807) is 0 Å². The van der Waals surface area contributed by atoms with Crippen LogP contribution in [-0.4, -0.2) is 29.6 Å². The van der Waals surface area contributed by atoms with Gasteiger partial charge in [0.25, 0.3) is 0 Å². The van der Waals surface area contributed by atoms with Crippen LogP contribution in [0.4, 0.5) is 0 Å². The Kier molecular flexibility index (Phi) is 4.22. The van der Waals surface area contributed by atoms with Crippen molar-refractivity contribution in [3.05, 3.63) is 12.2 Å². The van der Waals surface area contributed by atoms with Gasteiger partial charge in [0.05, 0.1) is 0 Å². The molecule has 1 aliphatic rings. The molecule has 0 unspecified atom stereocenters. The molecule has 0 saturated carbocycles. The third kappa shape index (κ3) is 3.77. The molecule has 0 amide bonds. The van der Waals surface area contributed by atoms with Gasteiger partial charge in [-0.05, 0) is 38.4 Å². The second-order valence-corrected chi connectivity index (χ2v) is 4.05. The fourth-order valence-electron chi connectivity index (χ4n) is 1.44. The fraction of sp³-hybridized carbons (Fsp3) is 0.700. The smallest absolute Gasteiger partial charge is 0.169 e. The summed E-state index contributed by atoms with van der Waals surface area (Å²) in [4.78, 5) is 2.25. The van der Waals surface area contributed by atoms with Crippen LogP contribution in [0.3, 0.4) is 0 Å². The standard InChI is InChI=1S/C10H18N2S/c1-9(2)8-11-10(13)12-6-4-3-5-7-12/h1,3-8H2,2H3,(H,11,13). The molecule has 0 aliphatic carbocycles. The molecular weight excluding hydrogens is 180 g/mol. The number of hydrogen-bond acceptors (Lipinski definition) is 1. The molecule has 1 N–H and O–H groups in total. The number of thiocarbonyl (C=S) groups is 1. The lowest BCUT2D eigenvalue weighted by atomic mass is 10.1. The summed E-state index contributed by atoms with van der Waals surface area (Å²) in [5, 5.41) is 4.10. The number of piperidine rings is 1. The SMILES string of the molecule is C=C(C)CNC(=S)N1CCCCC1. The highest BCUT2D eigenvalue weighted by Crippen LogP contribution is 2.08. The predicted octanol–water partition coefficient (Wildman–Crippen LogP) is 1.92. The zero-order chi connectivity index (χ0) is 9.68. The van der Waals surface area contributed by atoms with E-state index in [1.165, 1.54) is 19.3 Å². The van der Waals surface area contributed by atoms with E-state index < -0.39 is 0 Å². The van der Waals surface area contributed by atoms with Crippen molar-refractivity contribution in [2.75, 3.05) is 19.6 Å². The summed E-state index contributed by atoms with van der Waals surface area (Å²) >= 11 is 5.27. The van der Waals surface area contributed by atoms with Crippen LogP contribution in [0.5, 0.6) is 0 Å². The lowest BCUT2D eigenvalue weighted by Gasteiger charge is -2.29. The molecule has 1 rings (SSSR count). The average Bonchev–Trinajstić information content (AvgIpc) is 2.15. The van der Waals surface area contributed by atoms with Crippen molar-refractivity contribution in [2.24, 2.45) is 0 Å². The molecule has 3 heteroatoms. The molecule has 0 spiro atoms. The summed E-state index contributed by atoms with van der Waals surface area (Å²) in [6, 6.07) is 0. The highest BCUT2D eigenvalue weighted by Gasteiger charge is 2.12. The number of hydrogen-bond donors (Lipinski definition) is 1. The highest BCUT2D eigenvalue weighted by atomic mass is 32.1. The van der Waals surface area contributed by atoms with E-state index in [9.17, 15) is 0 Å². The molecule has 1 aliphatic heterocycles. The minimum Gasteiger partial charge on any atom is -0.359 e. The monoisotopic (exact) mass is 198 g/mol. The maximum absolute atomic E-state index is 5.27. The predicted molar refractivity (Wildman–Crippen MR) is 60.8 cm³/mol. The molecule has 1 heterocycles. The molecule has 74 valence electrons. The van der Waals surface area contributed by atoms with E-state index in [2.05, 4.69) is 16.8 Å². The Labute approximate surface area is 86.0 Å². The first-order chi connectivity index (χ1) is 6.20. The van der Waals surface area contributed by atoms with Crippen LogP contribution in [0.2, 0.25) is 0 Å². The van der Waals surface area contributed by atoms with E-state index >= 15 is 0 Å². The molecular formula is C10H18N2S. The second kappa shape index (κ2) is 5.22. The topological polar surface area (TPSA) is 15.3 Å². The number of nitrogens with zero attached hydrogens (tertiary/aromatic N) is 1. The van der Waals surface area contributed by atoms with Crippen LogP contribution >= 0.6 is 12.2 Å². The minimum absolute atomic E-state index is 0.801. The largest absolute Gasteiger partial charge is 0.359 e. The van der Waals surface area contributed by atoms with E-state index in [0.717, 1.165) is 30.3 Å². The van der Waals surface area contributed by atoms with Crippen molar-refractivity contribution >= 4 is 17.3 Å². The quantitative estimate of drug-likeness (QED) is 0.539. The Bertz CT molecular complexity index is 195. The van der Waals surface area contributed by atoms with Crippen LogP contribution in [0.15, 0.2) is 12.2 Å². The summed E-state index contributed by atoms with van der Waals surface area (Å²) in [6.07, 6.45) is 3.89. The zero-order valence-electron chi connectivity index (χ0n) is 8.31. The molecule has 0 aromatic carbocycles. The maximum Gasteiger partial charge on any atom is 0.169 e. The fourth-order valence-corrected chi connectivity index (χ4v) is 1.69. The molecule has 0 bridgehead atoms. The van der Waals surface area contributed by atoms with Crippen LogP contribution in [0, 0.1) is 0 Å². The Morgan fingerprint density at radius 2 is 2.00 bits per heavy atom. The van der Waals surface area contributed by atoms with Gasteiger partial charge in [-0.25, -0.2) is 0 Å². The van der Waals surface area contributed by atoms with Crippen LogP contribution < -0.4 is 5.32 Å². The van der Waals surface area contributed by atoms with E-state index in [0.29, 0.717) is 0 Å². The first kappa shape index (κ1) is 10.5. The van der Waals surface area contributed by atoms with Crippen molar-refractivity contribution in [2.45, 2.75) is 26.2 Å². The van der Waals surface area contributed by atoms with Gasteiger partial charge in [0.1, 0.15) is 0 Å². The molecule has 13 heavy (non-hydrogen) atoms. The van der Waals surface area contributed by atoms with Crippen molar-refractivity contribution in [3.63, 3.8) is 0 Å². The molecule has 1 saturated heterocycles. The van der Waals surface area contributed by atoms with Gasteiger partial charge in [-0.3, -0.25) is 0 Å². The van der Waals surface area contributed by atoms with Crippen LogP contribution in [-0.2, 0) is 0 Å². The summed E-state index contributed by atoms with van der Waals surface area (Å²) < 4.78 is 0. The van der Waals surface area contributed by atoms with Gasteiger partial charge in [-0.1, -0.05) is 12.2 Å². The van der Waals surface area contributed by atoms with Gasteiger partial charge in [-0.2, -0.15) is 0 Å². The molecule has 2 nitrogen and oxygen atoms in total. The van der Waals surface area contributed by atoms with Gasteiger partial charge in [0, 0.05) is 19.6 Å². The summed E-state index contributed by atoms with van der Waals surface area (Å²) in [5.74, 6) is 0. The molecule has 0 atom stereocenters. The first-order valence-electron chi connectivity index (χ1n) is 4.87. The third-order valence-corrected chi connectivity index (χ3v) is 2.59. The average molecular weight is 198 g/mol. The van der Waals surface area contributed by atoms with Crippen LogP contribution in [0.25, 0.3) is 0 Å². The molecule has 0 radical (unpaired) electrons. The Morgan fingerprint density at radius 3 is 2.54 bits per heavy atom. The molecule has 1 fully saturated rings. The van der Waals surface area contributed by atoms with Gasteiger partial charge < -0.3 is 10.2 Å². The Morgan fingerprint density at radius 1 is 1.38 bits per heavy atom. The summed E-state index contributed by atoms with van der Waals surface area (Å²) in [5.41, 5.74) is 1.12. The molecule has 0 aromatic rings. The number of rotatable bonds is 2. The van der Waals surface area contributed by atoms with Crippen molar-refractivity contribution in [3.8, 4) is 0 Å². The zero-order valence-corrected chi connectivity index (χ0v) is 9.12. The van der Waals surface area contributed by atoms with E-state index in [-0.39, 0.29) is 0 Å². The van der Waals surface area contributed by atoms with Gasteiger partial charge >= 0.3 is 0 Å². The van der Waals surface area contributed by atoms with Crippen molar-refractivity contribution in [1.82, 2.24) is 10.2 Å². The van der Waals surface area contributed by atoms with Crippen molar-refractivity contribution in [1.29, 1.82) is 0 Å². The van der Waals surface area contributed by atoms with Gasteiger partial charge in [0.15, 0.2) is 5.11 Å². The molecule has 0 aromatic heterocycles. The summed E-state index contributed by atoms with van der Waals surface area (Å²) in [7, 11) is 0. The number of likely N-dealkylation sites (tertiary alicyclic amines) is 1.